The number of carboxylic acid groups (broad SMARTS) is 2. The largest absolute Gasteiger partial charge is 0.478 e. The molecule has 4 rings (SSSR count). The van der Waals surface area contributed by atoms with Crippen LogP contribution in [0.4, 0.5) is 10.8 Å². The number of hydrogen-bond donors (Lipinski definition) is 6. The van der Waals surface area contributed by atoms with Gasteiger partial charge in [0.15, 0.2) is 11.7 Å². The molecule has 2 amide bonds. The number of nitrogen functional groups attached to an aromatic ring is 2. The quantitative estimate of drug-likeness (QED) is 0.0688. The number of carboxylic acids is 2. The molecule has 0 unspecified atom stereocenters. The van der Waals surface area contributed by atoms with Gasteiger partial charge in [0.2, 0.25) is 23.3 Å². The minimum atomic E-state index is -1.79. The zero-order valence-corrected chi connectivity index (χ0v) is 23.9. The van der Waals surface area contributed by atoms with E-state index in [-0.39, 0.29) is 29.0 Å². The van der Waals surface area contributed by atoms with E-state index in [0.717, 1.165) is 22.1 Å². The lowest BCUT2D eigenvalue weighted by atomic mass is 10.0. The molecule has 2 aromatic heterocycles. The number of carbonyl (C=O) groups is 4. The number of thioether (sulfide) groups is 1. The Bertz CT molecular complexity index is 1480. The molecule has 0 spiro atoms. The van der Waals surface area contributed by atoms with Crippen LogP contribution in [0.15, 0.2) is 22.6 Å². The zero-order chi connectivity index (χ0) is 30.2. The lowest BCUT2D eigenvalue weighted by Gasteiger charge is -2.49. The number of nitrogens with one attached hydrogen (secondary N) is 1. The van der Waals surface area contributed by atoms with Crippen LogP contribution in [0.2, 0.25) is 0 Å². The van der Waals surface area contributed by atoms with Crippen molar-refractivity contribution < 1.29 is 38.9 Å². The number of amides is 2. The molecule has 19 heteroatoms. The first-order chi connectivity index (χ1) is 19.3. The molecule has 1 fully saturated rings. The topological polar surface area (TPSA) is 258 Å². The summed E-state index contributed by atoms with van der Waals surface area (Å²) in [6.45, 7) is 3.00. The number of nitrogens with two attached hydrogens (primary N) is 3. The number of carbonyl (C=O) groups excluding carboxylic acids is 2. The molecule has 0 saturated carbocycles. The summed E-state index contributed by atoms with van der Waals surface area (Å²) < 4.78 is 7.47. The van der Waals surface area contributed by atoms with E-state index in [9.17, 15) is 29.4 Å². The van der Waals surface area contributed by atoms with Crippen molar-refractivity contribution in [3.8, 4) is 0 Å². The van der Waals surface area contributed by atoms with Gasteiger partial charge in [-0.1, -0.05) is 5.16 Å². The summed E-state index contributed by atoms with van der Waals surface area (Å²) in [6.07, 6.45) is 2.22. The van der Waals surface area contributed by atoms with E-state index in [4.69, 9.17) is 22.0 Å². The van der Waals surface area contributed by atoms with Crippen molar-refractivity contribution in [3.05, 3.63) is 29.0 Å². The Morgan fingerprint density at radius 2 is 2.02 bits per heavy atom. The maximum Gasteiger partial charge on any atom is 0.352 e. The van der Waals surface area contributed by atoms with Crippen LogP contribution >= 0.6 is 23.3 Å². The van der Waals surface area contributed by atoms with Crippen molar-refractivity contribution in [2.24, 2.45) is 17.9 Å². The van der Waals surface area contributed by atoms with Gasteiger partial charge in [0.05, 0.1) is 7.05 Å². The predicted molar refractivity (Wildman–Crippen MR) is 146 cm³/mol. The zero-order valence-electron chi connectivity index (χ0n) is 22.2. The molecule has 2 aromatic rings. The summed E-state index contributed by atoms with van der Waals surface area (Å²) >= 11 is 2.05. The van der Waals surface area contributed by atoms with Crippen LogP contribution in [0.25, 0.3) is 0 Å². The molecule has 1 saturated heterocycles. The first-order valence-electron chi connectivity index (χ1n) is 12.1. The summed E-state index contributed by atoms with van der Waals surface area (Å²) in [5, 5.41) is 24.8. The van der Waals surface area contributed by atoms with Gasteiger partial charge in [0.25, 0.3) is 11.8 Å². The molecule has 41 heavy (non-hydrogen) atoms. The van der Waals surface area contributed by atoms with Crippen LogP contribution in [-0.2, 0) is 44.0 Å². The molecule has 0 aliphatic carbocycles. The summed E-state index contributed by atoms with van der Waals surface area (Å²) in [5.74, 6) is -4.19. The molecule has 220 valence electrons. The third-order valence-corrected chi connectivity index (χ3v) is 8.30. The lowest BCUT2D eigenvalue weighted by molar-refractivity contribution is -0.766. The van der Waals surface area contributed by atoms with Crippen molar-refractivity contribution in [1.82, 2.24) is 24.3 Å². The second kappa shape index (κ2) is 11.3. The lowest BCUT2D eigenvalue weighted by Crippen LogP contribution is -2.71. The number of hydrogen-bond acceptors (Lipinski definition) is 13. The molecule has 2 atom stereocenters. The van der Waals surface area contributed by atoms with E-state index in [1.807, 2.05) is 0 Å². The third-order valence-electron chi connectivity index (χ3n) is 6.42. The minimum absolute atomic E-state index is 0.0171. The molecule has 2 aliphatic heterocycles. The second-order valence-electron chi connectivity index (χ2n) is 9.61. The fourth-order valence-corrected chi connectivity index (χ4v) is 5.95. The Kier molecular flexibility index (Phi) is 8.22. The van der Waals surface area contributed by atoms with Crippen LogP contribution in [0.1, 0.15) is 25.4 Å². The van der Waals surface area contributed by atoms with Crippen molar-refractivity contribution in [1.29, 1.82) is 0 Å². The van der Waals surface area contributed by atoms with E-state index in [1.165, 1.54) is 25.6 Å². The van der Waals surface area contributed by atoms with Gasteiger partial charge < -0.3 is 37.6 Å². The van der Waals surface area contributed by atoms with E-state index in [0.29, 0.717) is 24.2 Å². The number of aliphatic carboxylic acids is 2. The average molecular weight is 610 g/mol. The van der Waals surface area contributed by atoms with Gasteiger partial charge in [0, 0.05) is 29.3 Å². The monoisotopic (exact) mass is 609 g/mol. The van der Waals surface area contributed by atoms with Gasteiger partial charge in [-0.25, -0.2) is 9.59 Å². The highest BCUT2D eigenvalue weighted by atomic mass is 32.2. The molecule has 0 radical (unpaired) electrons. The number of aromatic nitrogens is 4. The second-order valence-corrected chi connectivity index (χ2v) is 11.5. The van der Waals surface area contributed by atoms with Crippen LogP contribution in [0.5, 0.6) is 0 Å². The number of β-lactam (4-membered cyclic amide) rings is 1. The first-order valence-corrected chi connectivity index (χ1v) is 13.9. The number of anilines is 2. The van der Waals surface area contributed by atoms with Gasteiger partial charge in [-0.05, 0) is 20.4 Å². The first kappa shape index (κ1) is 29.7. The maximum absolute atomic E-state index is 13.2. The molecule has 9 N–H and O–H groups in total. The predicted octanol–water partition coefficient (Wildman–Crippen LogP) is -2.15. The highest BCUT2D eigenvalue weighted by Crippen LogP contribution is 2.40. The normalized spacial score (nSPS) is 19.1. The fourth-order valence-electron chi connectivity index (χ4n) is 4.18. The number of nitrogens with zero attached hydrogens (tertiary/aromatic N) is 6. The Balaban J connectivity index is 1.56. The summed E-state index contributed by atoms with van der Waals surface area (Å²) in [5.41, 5.74) is 16.7. The Hall–Kier alpha value is -4.23. The molecule has 4 heterocycles. The van der Waals surface area contributed by atoms with Gasteiger partial charge >= 0.3 is 11.9 Å². The summed E-state index contributed by atoms with van der Waals surface area (Å²) in [7, 11) is 1.78. The fraction of sp³-hybridized carbons (Fsp3) is 0.455. The van der Waals surface area contributed by atoms with E-state index >= 15 is 0 Å². The van der Waals surface area contributed by atoms with Gasteiger partial charge in [-0.15, -0.1) is 16.4 Å². The summed E-state index contributed by atoms with van der Waals surface area (Å²) in [6, 6.07) is -1.11. The molecular weight excluding hydrogens is 580 g/mol. The Morgan fingerprint density at radius 3 is 2.61 bits per heavy atom. The molecular formula is C22H29N10O7S2+. The van der Waals surface area contributed by atoms with E-state index < -0.39 is 46.5 Å². The highest BCUT2D eigenvalue weighted by Gasteiger charge is 2.55. The van der Waals surface area contributed by atoms with Crippen molar-refractivity contribution in [2.75, 3.05) is 23.8 Å². The SMILES string of the molecule is Cn1c(CCN)c(N)c[n+]1CC1=C(C(=O)O)N2C(=O)[C@@H](NC(=O)/C(=N\OC(C)(C)C(=O)O)c3nsc(N)n3)[C@H]2SC1. The number of fused-ring (bicyclic) bond motifs is 1. The minimum Gasteiger partial charge on any atom is -0.478 e. The van der Waals surface area contributed by atoms with Crippen LogP contribution in [-0.4, -0.2) is 87.9 Å². The summed E-state index contributed by atoms with van der Waals surface area (Å²) in [4.78, 5) is 60.2. The molecule has 2 aliphatic rings. The van der Waals surface area contributed by atoms with Gasteiger partial charge in [0.1, 0.15) is 28.5 Å². The highest BCUT2D eigenvalue weighted by molar-refractivity contribution is 8.00. The molecule has 0 bridgehead atoms. The average Bonchev–Trinajstić information content (AvgIpc) is 3.44. The smallest absolute Gasteiger partial charge is 0.352 e. The van der Waals surface area contributed by atoms with Gasteiger partial charge in [-0.2, -0.15) is 14.0 Å². The van der Waals surface area contributed by atoms with Crippen LogP contribution in [0.3, 0.4) is 0 Å². The number of oxime groups is 1. The van der Waals surface area contributed by atoms with Crippen LogP contribution in [0, 0.1) is 0 Å². The standard InChI is InChI=1S/C22H28N10O7S2/c1-22(2,20(37)38)39-28-12(15-27-21(25)41-29-15)16(33)26-13-17(34)32-14(19(35)36)9(8-40-18(13)32)6-31-7-10(24)11(4-5-23)30(31)3/h7,13,18H,4-6,8,23-24H2,1-3H3,(H4-,25,26,27,29,33,35,36,37,38)/p+1/b28-12-/t13-,18-/m1/s1. The Labute approximate surface area is 241 Å². The van der Waals surface area contributed by atoms with Crippen molar-refractivity contribution in [2.45, 2.75) is 43.8 Å². The number of rotatable bonds is 11. The van der Waals surface area contributed by atoms with Crippen molar-refractivity contribution >= 4 is 63.6 Å². The molecule has 17 nitrogen and oxygen atoms in total. The Morgan fingerprint density at radius 1 is 1.32 bits per heavy atom. The van der Waals surface area contributed by atoms with E-state index in [2.05, 4.69) is 19.8 Å². The van der Waals surface area contributed by atoms with Crippen molar-refractivity contribution in [3.63, 3.8) is 0 Å². The van der Waals surface area contributed by atoms with E-state index in [1.54, 1.807) is 22.6 Å². The molecule has 0 aromatic carbocycles. The van der Waals surface area contributed by atoms with Gasteiger partial charge in [-0.3, -0.25) is 14.5 Å². The van der Waals surface area contributed by atoms with Crippen LogP contribution < -0.4 is 27.2 Å². The third kappa shape index (κ3) is 5.68. The maximum atomic E-state index is 13.2.